The fraction of sp³-hybridized carbons (Fsp3) is 0.231. The highest BCUT2D eigenvalue weighted by molar-refractivity contribution is 7.92. The number of Topliss-reactive ketones (excluding diaryl/α,β-unsaturated/α-hetero) is 1. The Morgan fingerprint density at radius 1 is 0.939 bits per heavy atom. The van der Waals surface area contributed by atoms with Crippen LogP contribution in [0.5, 0.6) is 0 Å². The molecule has 3 aromatic rings. The lowest BCUT2D eigenvalue weighted by atomic mass is 10.0. The van der Waals surface area contributed by atoms with E-state index in [-0.39, 0.29) is 23.1 Å². The molecule has 0 unspecified atom stereocenters. The molecule has 0 saturated carbocycles. The highest BCUT2D eigenvalue weighted by Gasteiger charge is 2.31. The number of aryl methyl sites for hydroxylation is 2. The molecule has 1 amide bonds. The Bertz CT molecular complexity index is 1280. The monoisotopic (exact) mass is 462 g/mol. The van der Waals surface area contributed by atoms with E-state index < -0.39 is 10.0 Å². The summed E-state index contributed by atoms with van der Waals surface area (Å²) in [5, 5.41) is 0. The number of carbonyl (C=O) groups excluding carboxylic acids is 2. The number of ketones is 1. The van der Waals surface area contributed by atoms with Crippen LogP contribution in [0.3, 0.4) is 0 Å². The molecule has 3 aromatic carbocycles. The molecule has 0 atom stereocenters. The maximum absolute atomic E-state index is 13.6. The van der Waals surface area contributed by atoms with Crippen molar-refractivity contribution in [2.24, 2.45) is 0 Å². The molecule has 6 nitrogen and oxygen atoms in total. The van der Waals surface area contributed by atoms with Gasteiger partial charge in [0.2, 0.25) is 5.91 Å². The molecule has 33 heavy (non-hydrogen) atoms. The molecule has 0 saturated heterocycles. The first-order valence-corrected chi connectivity index (χ1v) is 12.3. The second-order valence-electron chi connectivity index (χ2n) is 8.21. The third-order valence-corrected chi connectivity index (χ3v) is 7.65. The van der Waals surface area contributed by atoms with Crippen LogP contribution in [0.15, 0.2) is 77.7 Å². The number of anilines is 2. The number of benzene rings is 3. The van der Waals surface area contributed by atoms with Crippen molar-refractivity contribution in [1.82, 2.24) is 0 Å². The molecule has 7 heteroatoms. The summed E-state index contributed by atoms with van der Waals surface area (Å²) >= 11 is 0. The molecule has 0 spiro atoms. The SMILES string of the molecule is CC(=O)c1ccc(N(CC(=O)N2CCCc3ccccc32)S(=O)(=O)c2ccc(C)cc2)cc1. The number of hydrogen-bond donors (Lipinski definition) is 0. The standard InChI is InChI=1S/C26H26N2O4S/c1-19-9-15-24(16-10-19)33(31,32)28(23-13-11-21(12-14-23)20(2)29)18-26(30)27-17-5-7-22-6-3-4-8-25(22)27/h3-4,6,8-16H,5,7,17-18H2,1-2H3. The van der Waals surface area contributed by atoms with E-state index in [9.17, 15) is 18.0 Å². The fourth-order valence-electron chi connectivity index (χ4n) is 4.02. The van der Waals surface area contributed by atoms with Crippen molar-refractivity contribution in [1.29, 1.82) is 0 Å². The molecule has 170 valence electrons. The number of sulfonamides is 1. The number of fused-ring (bicyclic) bond motifs is 1. The van der Waals surface area contributed by atoms with E-state index in [1.54, 1.807) is 53.4 Å². The molecule has 1 heterocycles. The molecular weight excluding hydrogens is 436 g/mol. The summed E-state index contributed by atoms with van der Waals surface area (Å²) in [7, 11) is -4.01. The first-order chi connectivity index (χ1) is 15.8. The van der Waals surface area contributed by atoms with Crippen molar-refractivity contribution in [3.05, 3.63) is 89.5 Å². The van der Waals surface area contributed by atoms with Crippen LogP contribution >= 0.6 is 0 Å². The van der Waals surface area contributed by atoms with E-state index in [0.29, 0.717) is 17.8 Å². The lowest BCUT2D eigenvalue weighted by Crippen LogP contribution is -2.45. The molecule has 0 aliphatic carbocycles. The Balaban J connectivity index is 1.72. The average Bonchev–Trinajstić information content (AvgIpc) is 2.82. The quantitative estimate of drug-likeness (QED) is 0.510. The van der Waals surface area contributed by atoms with Crippen LogP contribution in [0.2, 0.25) is 0 Å². The number of amides is 1. The lowest BCUT2D eigenvalue weighted by molar-refractivity contribution is -0.117. The second-order valence-corrected chi connectivity index (χ2v) is 10.1. The van der Waals surface area contributed by atoms with Gasteiger partial charge in [-0.1, -0.05) is 35.9 Å². The summed E-state index contributed by atoms with van der Waals surface area (Å²) in [4.78, 5) is 26.9. The van der Waals surface area contributed by atoms with Crippen LogP contribution < -0.4 is 9.21 Å². The van der Waals surface area contributed by atoms with Crippen molar-refractivity contribution < 1.29 is 18.0 Å². The smallest absolute Gasteiger partial charge is 0.264 e. The summed E-state index contributed by atoms with van der Waals surface area (Å²) in [5.41, 5.74) is 3.65. The van der Waals surface area contributed by atoms with Gasteiger partial charge in [0.25, 0.3) is 10.0 Å². The summed E-state index contributed by atoms with van der Waals surface area (Å²) in [6.07, 6.45) is 1.71. The number of nitrogens with zero attached hydrogens (tertiary/aromatic N) is 2. The predicted octanol–water partition coefficient (Wildman–Crippen LogP) is 4.37. The number of carbonyl (C=O) groups is 2. The maximum atomic E-state index is 13.6. The molecule has 1 aliphatic rings. The Hall–Kier alpha value is -3.45. The molecular formula is C26H26N2O4S. The van der Waals surface area contributed by atoms with Gasteiger partial charge in [-0.2, -0.15) is 0 Å². The molecule has 0 fully saturated rings. The van der Waals surface area contributed by atoms with Gasteiger partial charge >= 0.3 is 0 Å². The Kier molecular flexibility index (Phi) is 6.33. The third-order valence-electron chi connectivity index (χ3n) is 5.86. The van der Waals surface area contributed by atoms with Gasteiger partial charge in [0.05, 0.1) is 10.6 Å². The zero-order valence-electron chi connectivity index (χ0n) is 18.7. The van der Waals surface area contributed by atoms with Crippen LogP contribution in [0.1, 0.15) is 34.8 Å². The first-order valence-electron chi connectivity index (χ1n) is 10.9. The number of hydrogen-bond acceptors (Lipinski definition) is 4. The molecule has 0 bridgehead atoms. The minimum absolute atomic E-state index is 0.107. The fourth-order valence-corrected chi connectivity index (χ4v) is 5.43. The summed E-state index contributed by atoms with van der Waals surface area (Å²) < 4.78 is 28.4. The normalized spacial score (nSPS) is 13.3. The third kappa shape index (κ3) is 4.68. The molecule has 0 N–H and O–H groups in total. The van der Waals surface area contributed by atoms with Crippen molar-refractivity contribution >= 4 is 33.1 Å². The van der Waals surface area contributed by atoms with Gasteiger partial charge in [0, 0.05) is 17.8 Å². The molecule has 0 radical (unpaired) electrons. The minimum atomic E-state index is -4.01. The van der Waals surface area contributed by atoms with Gasteiger partial charge < -0.3 is 4.90 Å². The van der Waals surface area contributed by atoms with Gasteiger partial charge in [0.15, 0.2) is 5.78 Å². The molecule has 0 aromatic heterocycles. The summed E-state index contributed by atoms with van der Waals surface area (Å²) in [6, 6.07) is 20.6. The maximum Gasteiger partial charge on any atom is 0.264 e. The van der Waals surface area contributed by atoms with E-state index in [4.69, 9.17) is 0 Å². The van der Waals surface area contributed by atoms with Gasteiger partial charge in [-0.25, -0.2) is 8.42 Å². The van der Waals surface area contributed by atoms with Crippen LogP contribution in [-0.2, 0) is 21.2 Å². The van der Waals surface area contributed by atoms with E-state index in [2.05, 4.69) is 0 Å². The van der Waals surface area contributed by atoms with Crippen LogP contribution in [0.4, 0.5) is 11.4 Å². The molecule has 4 rings (SSSR count). The van der Waals surface area contributed by atoms with Crippen LogP contribution in [-0.4, -0.2) is 33.2 Å². The van der Waals surface area contributed by atoms with Crippen molar-refractivity contribution in [2.45, 2.75) is 31.6 Å². The minimum Gasteiger partial charge on any atom is -0.311 e. The summed E-state index contributed by atoms with van der Waals surface area (Å²) in [6.45, 7) is 3.53. The Labute approximate surface area is 194 Å². The first kappa shape index (κ1) is 22.7. The van der Waals surface area contributed by atoms with Gasteiger partial charge in [-0.05, 0) is 74.7 Å². The van der Waals surface area contributed by atoms with Gasteiger partial charge in [-0.15, -0.1) is 0 Å². The zero-order chi connectivity index (χ0) is 23.6. The number of rotatable bonds is 6. The van der Waals surface area contributed by atoms with Crippen molar-refractivity contribution in [2.75, 3.05) is 22.3 Å². The number of para-hydroxylation sites is 1. The molecule has 1 aliphatic heterocycles. The topological polar surface area (TPSA) is 74.8 Å². The second kappa shape index (κ2) is 9.19. The van der Waals surface area contributed by atoms with E-state index in [1.807, 2.05) is 31.2 Å². The Morgan fingerprint density at radius 2 is 1.61 bits per heavy atom. The van der Waals surface area contributed by atoms with Gasteiger partial charge in [0.1, 0.15) is 6.54 Å². The van der Waals surface area contributed by atoms with E-state index >= 15 is 0 Å². The predicted molar refractivity (Wildman–Crippen MR) is 129 cm³/mol. The van der Waals surface area contributed by atoms with E-state index in [1.165, 1.54) is 6.92 Å². The average molecular weight is 463 g/mol. The van der Waals surface area contributed by atoms with Crippen LogP contribution in [0, 0.1) is 6.92 Å². The van der Waals surface area contributed by atoms with E-state index in [0.717, 1.165) is 34.0 Å². The largest absolute Gasteiger partial charge is 0.311 e. The zero-order valence-corrected chi connectivity index (χ0v) is 19.5. The van der Waals surface area contributed by atoms with Crippen molar-refractivity contribution in [3.8, 4) is 0 Å². The highest BCUT2D eigenvalue weighted by atomic mass is 32.2. The lowest BCUT2D eigenvalue weighted by Gasteiger charge is -2.32. The van der Waals surface area contributed by atoms with Gasteiger partial charge in [-0.3, -0.25) is 13.9 Å². The Morgan fingerprint density at radius 3 is 2.27 bits per heavy atom. The van der Waals surface area contributed by atoms with Crippen molar-refractivity contribution in [3.63, 3.8) is 0 Å². The summed E-state index contributed by atoms with van der Waals surface area (Å²) in [5.74, 6) is -0.413. The highest BCUT2D eigenvalue weighted by Crippen LogP contribution is 2.29. The van der Waals surface area contributed by atoms with Crippen LogP contribution in [0.25, 0.3) is 0 Å².